The average molecular weight is 198 g/mol. The molecular formula is C8H14N4O2. The molecule has 78 valence electrons. The van der Waals surface area contributed by atoms with Crippen LogP contribution in [0.25, 0.3) is 0 Å². The number of nitrogens with zero attached hydrogens (tertiary/aromatic N) is 1. The van der Waals surface area contributed by atoms with Gasteiger partial charge >= 0.3 is 6.03 Å². The second kappa shape index (κ2) is 5.80. The molecule has 14 heavy (non-hydrogen) atoms. The van der Waals surface area contributed by atoms with Crippen LogP contribution in [0.4, 0.5) is 4.79 Å². The van der Waals surface area contributed by atoms with Gasteiger partial charge in [-0.15, -0.1) is 0 Å². The van der Waals surface area contributed by atoms with Crippen molar-refractivity contribution in [3.05, 3.63) is 0 Å². The van der Waals surface area contributed by atoms with Crippen molar-refractivity contribution in [3.63, 3.8) is 0 Å². The molecule has 0 rings (SSSR count). The number of rotatable bonds is 4. The second-order valence-electron chi connectivity index (χ2n) is 3.29. The molecule has 0 spiro atoms. The topological polar surface area (TPSA) is 108 Å². The number of carbonyl (C=O) groups excluding carboxylic acids is 2. The summed E-state index contributed by atoms with van der Waals surface area (Å²) in [7, 11) is 0. The maximum Gasteiger partial charge on any atom is 0.312 e. The summed E-state index contributed by atoms with van der Waals surface area (Å²) < 4.78 is 0. The molecule has 0 aliphatic carbocycles. The van der Waals surface area contributed by atoms with Gasteiger partial charge in [0.05, 0.1) is 0 Å². The molecule has 0 heterocycles. The first-order valence-corrected chi connectivity index (χ1v) is 4.22. The molecule has 0 fully saturated rings. The van der Waals surface area contributed by atoms with Gasteiger partial charge < -0.3 is 11.1 Å². The van der Waals surface area contributed by atoms with Gasteiger partial charge in [0.1, 0.15) is 6.04 Å². The van der Waals surface area contributed by atoms with E-state index in [0.717, 1.165) is 0 Å². The zero-order chi connectivity index (χ0) is 11.1. The van der Waals surface area contributed by atoms with Crippen LogP contribution in [-0.4, -0.2) is 18.0 Å². The fraction of sp³-hybridized carbons (Fsp3) is 0.625. The second-order valence-corrected chi connectivity index (χ2v) is 3.29. The number of hydrogen-bond donors (Lipinski definition) is 3. The summed E-state index contributed by atoms with van der Waals surface area (Å²) in [6.45, 7) is 3.80. The van der Waals surface area contributed by atoms with Crippen molar-refractivity contribution in [1.29, 1.82) is 5.26 Å². The quantitative estimate of drug-likeness (QED) is 0.425. The Balaban J connectivity index is 4.31. The monoisotopic (exact) mass is 198 g/mol. The number of nitrogens with two attached hydrogens (primary N) is 1. The van der Waals surface area contributed by atoms with E-state index in [1.54, 1.807) is 0 Å². The zero-order valence-corrected chi connectivity index (χ0v) is 8.20. The third kappa shape index (κ3) is 4.98. The van der Waals surface area contributed by atoms with Crippen LogP contribution >= 0.6 is 0 Å². The Morgan fingerprint density at radius 2 is 2.07 bits per heavy atom. The molecule has 6 heteroatoms. The van der Waals surface area contributed by atoms with Gasteiger partial charge in [0.25, 0.3) is 5.91 Å². The van der Waals surface area contributed by atoms with Crippen LogP contribution in [0.15, 0.2) is 0 Å². The molecule has 3 amide bonds. The van der Waals surface area contributed by atoms with Crippen LogP contribution in [0, 0.1) is 17.4 Å². The largest absolute Gasteiger partial charge is 0.352 e. The van der Waals surface area contributed by atoms with E-state index in [9.17, 15) is 9.59 Å². The smallest absolute Gasteiger partial charge is 0.312 e. The zero-order valence-electron chi connectivity index (χ0n) is 8.20. The Labute approximate surface area is 82.4 Å². The van der Waals surface area contributed by atoms with Crippen LogP contribution in [-0.2, 0) is 4.79 Å². The molecule has 0 bridgehead atoms. The van der Waals surface area contributed by atoms with Crippen molar-refractivity contribution >= 4 is 11.9 Å². The number of primary amides is 1. The first-order valence-electron chi connectivity index (χ1n) is 4.22. The molecule has 0 aromatic carbocycles. The minimum absolute atomic E-state index is 0.219. The number of hydrogen-bond acceptors (Lipinski definition) is 3. The van der Waals surface area contributed by atoms with E-state index in [-0.39, 0.29) is 5.92 Å². The fourth-order valence-electron chi connectivity index (χ4n) is 1.02. The number of nitrogens with one attached hydrogen (secondary N) is 2. The van der Waals surface area contributed by atoms with Crippen LogP contribution < -0.4 is 16.4 Å². The Bertz CT molecular complexity index is 257. The Morgan fingerprint density at radius 1 is 1.50 bits per heavy atom. The minimum Gasteiger partial charge on any atom is -0.352 e. The first kappa shape index (κ1) is 12.2. The molecule has 0 saturated heterocycles. The van der Waals surface area contributed by atoms with Gasteiger partial charge in [-0.05, 0) is 12.3 Å². The molecule has 0 aromatic heterocycles. The van der Waals surface area contributed by atoms with Crippen LogP contribution in [0.5, 0.6) is 0 Å². The SMILES string of the molecule is CC(C)CC(NC(N)=O)C(=O)NC#N. The van der Waals surface area contributed by atoms with Gasteiger partial charge in [-0.2, -0.15) is 5.26 Å². The molecule has 0 aliphatic rings. The number of amides is 3. The van der Waals surface area contributed by atoms with Gasteiger partial charge in [0.15, 0.2) is 6.19 Å². The van der Waals surface area contributed by atoms with Gasteiger partial charge in [-0.3, -0.25) is 10.1 Å². The van der Waals surface area contributed by atoms with E-state index >= 15 is 0 Å². The van der Waals surface area contributed by atoms with Crippen molar-refractivity contribution in [1.82, 2.24) is 10.6 Å². The maximum absolute atomic E-state index is 11.2. The third-order valence-electron chi connectivity index (χ3n) is 1.52. The number of carbonyl (C=O) groups is 2. The molecule has 0 aliphatic heterocycles. The lowest BCUT2D eigenvalue weighted by Gasteiger charge is -2.16. The highest BCUT2D eigenvalue weighted by Gasteiger charge is 2.20. The Kier molecular flexibility index (Phi) is 5.07. The van der Waals surface area contributed by atoms with Crippen molar-refractivity contribution in [2.75, 3.05) is 0 Å². The minimum atomic E-state index is -0.774. The highest BCUT2D eigenvalue weighted by Crippen LogP contribution is 2.04. The predicted octanol–water partition coefficient (Wildman–Crippen LogP) is -0.333. The molecule has 1 atom stereocenters. The van der Waals surface area contributed by atoms with E-state index in [1.165, 1.54) is 6.19 Å². The van der Waals surface area contributed by atoms with Crippen molar-refractivity contribution in [3.8, 4) is 6.19 Å². The molecule has 1 unspecified atom stereocenters. The molecular weight excluding hydrogens is 184 g/mol. The highest BCUT2D eigenvalue weighted by atomic mass is 16.2. The van der Waals surface area contributed by atoms with Gasteiger partial charge in [-0.25, -0.2) is 4.79 Å². The summed E-state index contributed by atoms with van der Waals surface area (Å²) in [4.78, 5) is 21.8. The van der Waals surface area contributed by atoms with Crippen LogP contribution in [0.1, 0.15) is 20.3 Å². The summed E-state index contributed by atoms with van der Waals surface area (Å²) in [5.41, 5.74) is 4.89. The molecule has 0 aromatic rings. The summed E-state index contributed by atoms with van der Waals surface area (Å²) in [5, 5.41) is 12.5. The van der Waals surface area contributed by atoms with Crippen LogP contribution in [0.3, 0.4) is 0 Å². The molecule has 6 nitrogen and oxygen atoms in total. The van der Waals surface area contributed by atoms with Gasteiger partial charge in [0.2, 0.25) is 0 Å². The lowest BCUT2D eigenvalue weighted by atomic mass is 10.0. The standard InChI is InChI=1S/C8H14N4O2/c1-5(2)3-6(12-8(10)14)7(13)11-4-9/h5-6H,3H2,1-2H3,(H,11,13)(H3,10,12,14). The third-order valence-corrected chi connectivity index (χ3v) is 1.52. The van der Waals surface area contributed by atoms with Gasteiger partial charge in [0, 0.05) is 0 Å². The van der Waals surface area contributed by atoms with Gasteiger partial charge in [-0.1, -0.05) is 13.8 Å². The van der Waals surface area contributed by atoms with Crippen molar-refractivity contribution in [2.45, 2.75) is 26.3 Å². The average Bonchev–Trinajstić information content (AvgIpc) is 2.01. The lowest BCUT2D eigenvalue weighted by Crippen LogP contribution is -2.48. The Morgan fingerprint density at radius 3 is 2.43 bits per heavy atom. The maximum atomic E-state index is 11.2. The van der Waals surface area contributed by atoms with E-state index in [4.69, 9.17) is 11.0 Å². The summed E-state index contributed by atoms with van der Waals surface area (Å²) in [6, 6.07) is -1.52. The molecule has 4 N–H and O–H groups in total. The number of urea groups is 1. The normalized spacial score (nSPS) is 11.6. The summed E-state index contributed by atoms with van der Waals surface area (Å²) in [6.07, 6.45) is 1.94. The highest BCUT2D eigenvalue weighted by molar-refractivity contribution is 5.87. The predicted molar refractivity (Wildman–Crippen MR) is 49.7 cm³/mol. The fourth-order valence-corrected chi connectivity index (χ4v) is 1.02. The molecule has 0 radical (unpaired) electrons. The summed E-state index contributed by atoms with van der Waals surface area (Å²) >= 11 is 0. The van der Waals surface area contributed by atoms with E-state index in [0.29, 0.717) is 6.42 Å². The van der Waals surface area contributed by atoms with Crippen molar-refractivity contribution in [2.24, 2.45) is 11.7 Å². The Hall–Kier alpha value is -1.77. The first-order chi connectivity index (χ1) is 6.47. The van der Waals surface area contributed by atoms with E-state index in [2.05, 4.69) is 5.32 Å². The van der Waals surface area contributed by atoms with Crippen LogP contribution in [0.2, 0.25) is 0 Å². The van der Waals surface area contributed by atoms with E-state index in [1.807, 2.05) is 19.2 Å². The molecule has 0 saturated carbocycles. The van der Waals surface area contributed by atoms with E-state index < -0.39 is 18.0 Å². The lowest BCUT2D eigenvalue weighted by molar-refractivity contribution is -0.122. The van der Waals surface area contributed by atoms with Crippen molar-refractivity contribution < 1.29 is 9.59 Å². The summed E-state index contributed by atoms with van der Waals surface area (Å²) in [5.74, 6) is -0.323. The number of nitriles is 1.